The Morgan fingerprint density at radius 3 is 2.67 bits per heavy atom. The SMILES string of the molecule is CCC(NC1CCNCc2ccccc21)c1ccccc1. The van der Waals surface area contributed by atoms with Crippen LogP contribution >= 0.6 is 0 Å². The van der Waals surface area contributed by atoms with E-state index in [1.54, 1.807) is 0 Å². The molecule has 2 N–H and O–H groups in total. The predicted octanol–water partition coefficient (Wildman–Crippen LogP) is 3.96. The first-order valence-electron chi connectivity index (χ1n) is 7.98. The van der Waals surface area contributed by atoms with Crippen molar-refractivity contribution in [2.24, 2.45) is 0 Å². The molecular weight excluding hydrogens is 256 g/mol. The lowest BCUT2D eigenvalue weighted by Crippen LogP contribution is -2.27. The highest BCUT2D eigenvalue weighted by atomic mass is 15.0. The summed E-state index contributed by atoms with van der Waals surface area (Å²) >= 11 is 0. The van der Waals surface area contributed by atoms with E-state index in [0.717, 1.165) is 25.9 Å². The molecule has 0 radical (unpaired) electrons. The molecule has 2 nitrogen and oxygen atoms in total. The summed E-state index contributed by atoms with van der Waals surface area (Å²) in [4.78, 5) is 0. The summed E-state index contributed by atoms with van der Waals surface area (Å²) in [6.45, 7) is 4.31. The molecule has 0 spiro atoms. The van der Waals surface area contributed by atoms with Gasteiger partial charge in [-0.15, -0.1) is 0 Å². The third-order valence-corrected chi connectivity index (χ3v) is 4.37. The maximum Gasteiger partial charge on any atom is 0.0341 e. The highest BCUT2D eigenvalue weighted by Gasteiger charge is 2.21. The number of fused-ring (bicyclic) bond motifs is 1. The van der Waals surface area contributed by atoms with Crippen LogP contribution in [0.2, 0.25) is 0 Å². The Labute approximate surface area is 127 Å². The summed E-state index contributed by atoms with van der Waals surface area (Å²) in [5.74, 6) is 0. The Balaban J connectivity index is 1.83. The van der Waals surface area contributed by atoms with E-state index in [2.05, 4.69) is 72.2 Å². The summed E-state index contributed by atoms with van der Waals surface area (Å²) < 4.78 is 0. The van der Waals surface area contributed by atoms with Crippen molar-refractivity contribution < 1.29 is 0 Å². The molecule has 0 fully saturated rings. The van der Waals surface area contributed by atoms with Gasteiger partial charge >= 0.3 is 0 Å². The molecule has 2 aromatic rings. The molecule has 0 aliphatic carbocycles. The van der Waals surface area contributed by atoms with E-state index in [-0.39, 0.29) is 0 Å². The fourth-order valence-electron chi connectivity index (χ4n) is 3.21. The van der Waals surface area contributed by atoms with E-state index < -0.39 is 0 Å². The quantitative estimate of drug-likeness (QED) is 0.885. The predicted molar refractivity (Wildman–Crippen MR) is 88.1 cm³/mol. The van der Waals surface area contributed by atoms with E-state index in [0.29, 0.717) is 12.1 Å². The summed E-state index contributed by atoms with van der Waals surface area (Å²) in [5.41, 5.74) is 4.27. The first kappa shape index (κ1) is 14.3. The fourth-order valence-corrected chi connectivity index (χ4v) is 3.21. The second-order valence-electron chi connectivity index (χ2n) is 5.76. The lowest BCUT2D eigenvalue weighted by Gasteiger charge is -2.26. The van der Waals surface area contributed by atoms with Crippen molar-refractivity contribution in [1.82, 2.24) is 10.6 Å². The Hall–Kier alpha value is -1.64. The molecule has 2 atom stereocenters. The normalized spacial score (nSPS) is 19.6. The third kappa shape index (κ3) is 3.34. The van der Waals surface area contributed by atoms with E-state index in [1.165, 1.54) is 16.7 Å². The van der Waals surface area contributed by atoms with Gasteiger partial charge in [0.05, 0.1) is 0 Å². The molecule has 1 heterocycles. The van der Waals surface area contributed by atoms with Gasteiger partial charge in [-0.25, -0.2) is 0 Å². The Morgan fingerprint density at radius 2 is 1.86 bits per heavy atom. The van der Waals surface area contributed by atoms with E-state index in [9.17, 15) is 0 Å². The van der Waals surface area contributed by atoms with Crippen molar-refractivity contribution in [3.05, 3.63) is 71.3 Å². The van der Waals surface area contributed by atoms with Gasteiger partial charge in [0.25, 0.3) is 0 Å². The maximum absolute atomic E-state index is 3.88. The van der Waals surface area contributed by atoms with Crippen molar-refractivity contribution in [3.63, 3.8) is 0 Å². The van der Waals surface area contributed by atoms with E-state index in [1.807, 2.05) is 0 Å². The van der Waals surface area contributed by atoms with Gasteiger partial charge in [0.1, 0.15) is 0 Å². The average Bonchev–Trinajstić information content (AvgIpc) is 2.76. The minimum absolute atomic E-state index is 0.419. The zero-order valence-corrected chi connectivity index (χ0v) is 12.7. The van der Waals surface area contributed by atoms with Crippen LogP contribution in [0.1, 0.15) is 48.5 Å². The monoisotopic (exact) mass is 280 g/mol. The van der Waals surface area contributed by atoms with Gasteiger partial charge in [0, 0.05) is 18.6 Å². The maximum atomic E-state index is 3.88. The van der Waals surface area contributed by atoms with Crippen LogP contribution in [0.5, 0.6) is 0 Å². The Morgan fingerprint density at radius 1 is 1.10 bits per heavy atom. The third-order valence-electron chi connectivity index (χ3n) is 4.37. The second kappa shape index (κ2) is 6.88. The van der Waals surface area contributed by atoms with Crippen LogP contribution in [0, 0.1) is 0 Å². The molecule has 2 aromatic carbocycles. The number of rotatable bonds is 4. The molecular formula is C19H24N2. The van der Waals surface area contributed by atoms with Crippen molar-refractivity contribution in [2.75, 3.05) is 6.54 Å². The van der Waals surface area contributed by atoms with E-state index in [4.69, 9.17) is 0 Å². The van der Waals surface area contributed by atoms with Gasteiger partial charge in [0.2, 0.25) is 0 Å². The van der Waals surface area contributed by atoms with Gasteiger partial charge in [0.15, 0.2) is 0 Å². The first-order chi connectivity index (χ1) is 10.4. The van der Waals surface area contributed by atoms with Gasteiger partial charge in [-0.05, 0) is 36.1 Å². The number of benzene rings is 2. The second-order valence-corrected chi connectivity index (χ2v) is 5.76. The molecule has 21 heavy (non-hydrogen) atoms. The highest BCUT2D eigenvalue weighted by molar-refractivity contribution is 5.31. The minimum atomic E-state index is 0.419. The number of hydrogen-bond donors (Lipinski definition) is 2. The topological polar surface area (TPSA) is 24.1 Å². The number of nitrogens with one attached hydrogen (secondary N) is 2. The number of hydrogen-bond acceptors (Lipinski definition) is 2. The van der Waals surface area contributed by atoms with Gasteiger partial charge in [-0.2, -0.15) is 0 Å². The van der Waals surface area contributed by atoms with Gasteiger partial charge in [-0.1, -0.05) is 61.5 Å². The van der Waals surface area contributed by atoms with Crippen LogP contribution in [0.3, 0.4) is 0 Å². The lowest BCUT2D eigenvalue weighted by atomic mass is 9.96. The molecule has 0 saturated carbocycles. The van der Waals surface area contributed by atoms with Crippen LogP contribution in [-0.4, -0.2) is 6.54 Å². The van der Waals surface area contributed by atoms with Crippen LogP contribution in [0.4, 0.5) is 0 Å². The molecule has 0 amide bonds. The Bertz CT molecular complexity index is 565. The molecule has 1 aliphatic rings. The van der Waals surface area contributed by atoms with Gasteiger partial charge in [-0.3, -0.25) is 0 Å². The highest BCUT2D eigenvalue weighted by Crippen LogP contribution is 2.28. The van der Waals surface area contributed by atoms with Crippen LogP contribution < -0.4 is 10.6 Å². The molecule has 2 unspecified atom stereocenters. The minimum Gasteiger partial charge on any atom is -0.313 e. The van der Waals surface area contributed by atoms with Crippen molar-refractivity contribution in [1.29, 1.82) is 0 Å². The smallest absolute Gasteiger partial charge is 0.0341 e. The molecule has 0 bridgehead atoms. The van der Waals surface area contributed by atoms with Crippen LogP contribution in [0.25, 0.3) is 0 Å². The molecule has 0 saturated heterocycles. The summed E-state index contributed by atoms with van der Waals surface area (Å²) in [6.07, 6.45) is 2.25. The standard InChI is InChI=1S/C19H24N2/c1-2-18(15-8-4-3-5-9-15)21-19-12-13-20-14-16-10-6-7-11-17(16)19/h3-11,18-21H,2,12-14H2,1H3. The summed E-state index contributed by atoms with van der Waals surface area (Å²) in [5, 5.41) is 7.40. The largest absolute Gasteiger partial charge is 0.313 e. The molecule has 0 aromatic heterocycles. The van der Waals surface area contributed by atoms with Crippen molar-refractivity contribution >= 4 is 0 Å². The fraction of sp³-hybridized carbons (Fsp3) is 0.368. The lowest BCUT2D eigenvalue weighted by molar-refractivity contribution is 0.416. The zero-order valence-electron chi connectivity index (χ0n) is 12.7. The first-order valence-corrected chi connectivity index (χ1v) is 7.98. The zero-order chi connectivity index (χ0) is 14.5. The summed E-state index contributed by atoms with van der Waals surface area (Å²) in [6, 6.07) is 20.4. The average molecular weight is 280 g/mol. The van der Waals surface area contributed by atoms with E-state index >= 15 is 0 Å². The van der Waals surface area contributed by atoms with Gasteiger partial charge < -0.3 is 10.6 Å². The van der Waals surface area contributed by atoms with Crippen LogP contribution in [0.15, 0.2) is 54.6 Å². The molecule has 3 rings (SSSR count). The Kier molecular flexibility index (Phi) is 4.69. The van der Waals surface area contributed by atoms with Crippen molar-refractivity contribution in [3.8, 4) is 0 Å². The van der Waals surface area contributed by atoms with Crippen molar-refractivity contribution in [2.45, 2.75) is 38.4 Å². The molecule has 1 aliphatic heterocycles. The van der Waals surface area contributed by atoms with Crippen LogP contribution in [-0.2, 0) is 6.54 Å². The molecule has 2 heteroatoms. The summed E-state index contributed by atoms with van der Waals surface area (Å²) in [7, 11) is 0. The molecule has 110 valence electrons.